The fourth-order valence-corrected chi connectivity index (χ4v) is 3.78. The lowest BCUT2D eigenvalue weighted by Gasteiger charge is -2.40. The summed E-state index contributed by atoms with van der Waals surface area (Å²) in [5, 5.41) is 0. The summed E-state index contributed by atoms with van der Waals surface area (Å²) >= 11 is 0. The SMILES string of the molecule is CO[Si](C)(OC)OC(C)(C)C1CC=C(C)CC1. The van der Waals surface area contributed by atoms with Crippen molar-refractivity contribution in [1.29, 1.82) is 0 Å². The third kappa shape index (κ3) is 3.91. The Hall–Kier alpha value is -0.163. The average Bonchev–Trinajstić information content (AvgIpc) is 2.29. The molecule has 3 nitrogen and oxygen atoms in total. The van der Waals surface area contributed by atoms with Crippen LogP contribution >= 0.6 is 0 Å². The van der Waals surface area contributed by atoms with Crippen LogP contribution in [0.4, 0.5) is 0 Å². The second kappa shape index (κ2) is 5.65. The Morgan fingerprint density at radius 1 is 1.29 bits per heavy atom. The maximum absolute atomic E-state index is 6.16. The molecule has 0 N–H and O–H groups in total. The Morgan fingerprint density at radius 3 is 2.29 bits per heavy atom. The molecule has 0 aromatic rings. The fourth-order valence-electron chi connectivity index (χ4n) is 2.32. The third-order valence-electron chi connectivity index (χ3n) is 3.81. The summed E-state index contributed by atoms with van der Waals surface area (Å²) in [6, 6.07) is 0. The predicted molar refractivity (Wildman–Crippen MR) is 71.9 cm³/mol. The van der Waals surface area contributed by atoms with Crippen molar-refractivity contribution in [2.24, 2.45) is 5.92 Å². The smallest absolute Gasteiger partial charge is 0.377 e. The molecule has 0 aromatic heterocycles. The summed E-state index contributed by atoms with van der Waals surface area (Å²) < 4.78 is 17.0. The van der Waals surface area contributed by atoms with Crippen LogP contribution in [-0.4, -0.2) is 28.6 Å². The molecule has 1 rings (SSSR count). The molecular formula is C13H26O3Si. The van der Waals surface area contributed by atoms with Gasteiger partial charge in [-0.25, -0.2) is 0 Å². The van der Waals surface area contributed by atoms with E-state index in [4.69, 9.17) is 13.3 Å². The van der Waals surface area contributed by atoms with Gasteiger partial charge >= 0.3 is 8.80 Å². The minimum absolute atomic E-state index is 0.190. The summed E-state index contributed by atoms with van der Waals surface area (Å²) in [6.45, 7) is 8.44. The molecule has 1 atom stereocenters. The maximum Gasteiger partial charge on any atom is 0.497 e. The molecule has 1 unspecified atom stereocenters. The van der Waals surface area contributed by atoms with Crippen LogP contribution < -0.4 is 0 Å². The Kier molecular flexibility index (Phi) is 4.95. The number of allylic oxidation sites excluding steroid dienone is 2. The van der Waals surface area contributed by atoms with E-state index in [0.29, 0.717) is 5.92 Å². The van der Waals surface area contributed by atoms with Gasteiger partial charge in [0.05, 0.1) is 5.60 Å². The molecule has 0 aromatic carbocycles. The summed E-state index contributed by atoms with van der Waals surface area (Å²) in [7, 11) is 0.872. The molecule has 0 aliphatic heterocycles. The minimum atomic E-state index is -2.45. The van der Waals surface area contributed by atoms with Gasteiger partial charge in [-0.2, -0.15) is 0 Å². The van der Waals surface area contributed by atoms with Gasteiger partial charge in [-0.3, -0.25) is 0 Å². The predicted octanol–water partition coefficient (Wildman–Crippen LogP) is 3.39. The van der Waals surface area contributed by atoms with Crippen LogP contribution in [0.2, 0.25) is 6.55 Å². The van der Waals surface area contributed by atoms with Crippen LogP contribution in [0.3, 0.4) is 0 Å². The molecule has 4 heteroatoms. The van der Waals surface area contributed by atoms with Gasteiger partial charge in [0.2, 0.25) is 0 Å². The summed E-state index contributed by atoms with van der Waals surface area (Å²) in [4.78, 5) is 0. The van der Waals surface area contributed by atoms with Gasteiger partial charge in [-0.05, 0) is 46.0 Å². The molecule has 0 fully saturated rings. The van der Waals surface area contributed by atoms with E-state index in [1.807, 2.05) is 6.55 Å². The van der Waals surface area contributed by atoms with E-state index >= 15 is 0 Å². The molecule has 1 aliphatic rings. The van der Waals surface area contributed by atoms with Crippen LogP contribution in [0.15, 0.2) is 11.6 Å². The van der Waals surface area contributed by atoms with Crippen molar-refractivity contribution in [3.63, 3.8) is 0 Å². The molecular weight excluding hydrogens is 232 g/mol. The van der Waals surface area contributed by atoms with Crippen LogP contribution in [-0.2, 0) is 13.3 Å². The Labute approximate surface area is 107 Å². The van der Waals surface area contributed by atoms with Crippen molar-refractivity contribution in [2.45, 2.75) is 52.2 Å². The van der Waals surface area contributed by atoms with E-state index in [9.17, 15) is 0 Å². The quantitative estimate of drug-likeness (QED) is 0.559. The first-order valence-electron chi connectivity index (χ1n) is 6.29. The molecule has 0 saturated carbocycles. The van der Waals surface area contributed by atoms with Crippen LogP contribution in [0.1, 0.15) is 40.0 Å². The highest BCUT2D eigenvalue weighted by molar-refractivity contribution is 6.59. The van der Waals surface area contributed by atoms with Crippen LogP contribution in [0, 0.1) is 5.92 Å². The van der Waals surface area contributed by atoms with Crippen molar-refractivity contribution >= 4 is 8.80 Å². The molecule has 0 radical (unpaired) electrons. The molecule has 0 amide bonds. The first-order chi connectivity index (χ1) is 7.83. The van der Waals surface area contributed by atoms with Crippen LogP contribution in [0.5, 0.6) is 0 Å². The normalized spacial score (nSPS) is 22.5. The Balaban J connectivity index is 2.68. The average molecular weight is 258 g/mol. The zero-order valence-electron chi connectivity index (χ0n) is 12.0. The zero-order valence-corrected chi connectivity index (χ0v) is 13.0. The lowest BCUT2D eigenvalue weighted by Crippen LogP contribution is -2.50. The Morgan fingerprint density at radius 2 is 1.88 bits per heavy atom. The molecule has 1 aliphatic carbocycles. The van der Waals surface area contributed by atoms with Gasteiger partial charge in [0.1, 0.15) is 0 Å². The van der Waals surface area contributed by atoms with E-state index in [-0.39, 0.29) is 5.60 Å². The highest BCUT2D eigenvalue weighted by Gasteiger charge is 2.42. The van der Waals surface area contributed by atoms with Gasteiger partial charge in [-0.15, -0.1) is 0 Å². The molecule has 0 spiro atoms. The van der Waals surface area contributed by atoms with Crippen molar-refractivity contribution in [3.8, 4) is 0 Å². The first-order valence-corrected chi connectivity index (χ1v) is 8.51. The van der Waals surface area contributed by atoms with Crippen molar-refractivity contribution in [1.82, 2.24) is 0 Å². The largest absolute Gasteiger partial charge is 0.497 e. The lowest BCUT2D eigenvalue weighted by molar-refractivity contribution is -0.0308. The van der Waals surface area contributed by atoms with Crippen molar-refractivity contribution in [3.05, 3.63) is 11.6 Å². The molecule has 100 valence electrons. The van der Waals surface area contributed by atoms with Gasteiger partial charge in [0, 0.05) is 20.8 Å². The first kappa shape index (κ1) is 14.9. The van der Waals surface area contributed by atoms with E-state index in [1.165, 1.54) is 18.4 Å². The minimum Gasteiger partial charge on any atom is -0.377 e. The van der Waals surface area contributed by atoms with E-state index in [0.717, 1.165) is 6.42 Å². The highest BCUT2D eigenvalue weighted by atomic mass is 28.4. The van der Waals surface area contributed by atoms with E-state index < -0.39 is 8.80 Å². The van der Waals surface area contributed by atoms with Gasteiger partial charge in [-0.1, -0.05) is 11.6 Å². The summed E-state index contributed by atoms with van der Waals surface area (Å²) in [5.74, 6) is 0.545. The van der Waals surface area contributed by atoms with Crippen molar-refractivity contribution < 1.29 is 13.3 Å². The van der Waals surface area contributed by atoms with Gasteiger partial charge in [0.25, 0.3) is 0 Å². The van der Waals surface area contributed by atoms with Crippen LogP contribution in [0.25, 0.3) is 0 Å². The molecule has 17 heavy (non-hydrogen) atoms. The van der Waals surface area contributed by atoms with Gasteiger partial charge < -0.3 is 13.3 Å². The number of hydrogen-bond acceptors (Lipinski definition) is 3. The summed E-state index contributed by atoms with van der Waals surface area (Å²) in [6.07, 6.45) is 5.79. The lowest BCUT2D eigenvalue weighted by atomic mass is 9.80. The number of rotatable bonds is 5. The second-order valence-electron chi connectivity index (χ2n) is 5.50. The van der Waals surface area contributed by atoms with E-state index in [2.05, 4.69) is 26.8 Å². The number of hydrogen-bond donors (Lipinski definition) is 0. The zero-order chi connectivity index (χ0) is 13.1. The monoisotopic (exact) mass is 258 g/mol. The third-order valence-corrected chi connectivity index (χ3v) is 6.19. The standard InChI is InChI=1S/C13H26O3Si/c1-11-7-9-12(10-8-11)13(2,3)16-17(6,14-4)15-5/h7,12H,8-10H2,1-6H3. The Bertz CT molecular complexity index is 282. The maximum atomic E-state index is 6.16. The van der Waals surface area contributed by atoms with E-state index in [1.54, 1.807) is 14.2 Å². The molecule has 0 heterocycles. The topological polar surface area (TPSA) is 27.7 Å². The highest BCUT2D eigenvalue weighted by Crippen LogP contribution is 2.36. The molecule has 0 bridgehead atoms. The summed E-state index contributed by atoms with van der Waals surface area (Å²) in [5.41, 5.74) is 1.31. The molecule has 0 saturated heterocycles. The fraction of sp³-hybridized carbons (Fsp3) is 0.846. The van der Waals surface area contributed by atoms with Gasteiger partial charge in [0.15, 0.2) is 0 Å². The second-order valence-corrected chi connectivity index (χ2v) is 8.24. The van der Waals surface area contributed by atoms with Crippen molar-refractivity contribution in [2.75, 3.05) is 14.2 Å².